The van der Waals surface area contributed by atoms with Gasteiger partial charge in [0.15, 0.2) is 5.82 Å². The van der Waals surface area contributed by atoms with Gasteiger partial charge in [-0.2, -0.15) is 0 Å². The third-order valence-electron chi connectivity index (χ3n) is 4.76. The van der Waals surface area contributed by atoms with E-state index in [0.29, 0.717) is 36.6 Å². The van der Waals surface area contributed by atoms with E-state index in [-0.39, 0.29) is 5.69 Å². The van der Waals surface area contributed by atoms with Gasteiger partial charge in [-0.1, -0.05) is 12.1 Å². The summed E-state index contributed by atoms with van der Waals surface area (Å²) in [7, 11) is 0. The van der Waals surface area contributed by atoms with Gasteiger partial charge in [0.25, 0.3) is 0 Å². The number of nitrogens with one attached hydrogen (secondary N) is 2. The Kier molecular flexibility index (Phi) is 7.43. The molecule has 0 aliphatic carbocycles. The van der Waals surface area contributed by atoms with Crippen molar-refractivity contribution in [1.82, 2.24) is 14.2 Å². The first-order valence-electron chi connectivity index (χ1n) is 9.60. The number of hydrogen-bond acceptors (Lipinski definition) is 5. The minimum Gasteiger partial charge on any atom is -0.598 e. The van der Waals surface area contributed by atoms with Crippen LogP contribution in [-0.2, 0) is 17.9 Å². The summed E-state index contributed by atoms with van der Waals surface area (Å²) >= 11 is -0.934. The lowest BCUT2D eigenvalue weighted by Crippen LogP contribution is -2.48. The molecule has 29 heavy (non-hydrogen) atoms. The molecule has 3 rings (SSSR count). The van der Waals surface area contributed by atoms with Crippen molar-refractivity contribution in [2.24, 2.45) is 0 Å². The number of carbonyl (C=O) groups excluding carboxylic acids is 1. The fourth-order valence-electron chi connectivity index (χ4n) is 3.14. The Labute approximate surface area is 173 Å². The number of urea groups is 1. The second-order valence-electron chi connectivity index (χ2n) is 6.86. The van der Waals surface area contributed by atoms with Gasteiger partial charge in [-0.3, -0.25) is 9.88 Å². The van der Waals surface area contributed by atoms with Gasteiger partial charge in [0.2, 0.25) is 0 Å². The smallest absolute Gasteiger partial charge is 0.323 e. The Morgan fingerprint density at radius 2 is 1.97 bits per heavy atom. The number of piperazine rings is 1. The van der Waals surface area contributed by atoms with Gasteiger partial charge in [-0.25, -0.2) is 9.18 Å². The van der Waals surface area contributed by atoms with Gasteiger partial charge >= 0.3 is 6.03 Å². The monoisotopic (exact) mass is 419 g/mol. The second-order valence-corrected chi connectivity index (χ2v) is 8.60. The Morgan fingerprint density at radius 3 is 2.62 bits per heavy atom. The van der Waals surface area contributed by atoms with Crippen molar-refractivity contribution in [1.29, 1.82) is 0 Å². The van der Waals surface area contributed by atoms with Gasteiger partial charge < -0.3 is 15.2 Å². The molecule has 1 aliphatic rings. The quantitative estimate of drug-likeness (QED) is 0.704. The molecule has 1 unspecified atom stereocenters. The summed E-state index contributed by atoms with van der Waals surface area (Å²) < 4.78 is 28.7. The van der Waals surface area contributed by atoms with Gasteiger partial charge in [-0.05, 0) is 32.0 Å². The highest BCUT2D eigenvalue weighted by molar-refractivity contribution is 7.89. The zero-order valence-corrected chi connectivity index (χ0v) is 17.5. The molecule has 0 spiro atoms. The van der Waals surface area contributed by atoms with E-state index in [9.17, 15) is 13.7 Å². The maximum atomic E-state index is 14.9. The predicted octanol–water partition coefficient (Wildman–Crippen LogP) is 2.97. The molecule has 2 N–H and O–H groups in total. The van der Waals surface area contributed by atoms with E-state index in [1.807, 2.05) is 18.2 Å². The Morgan fingerprint density at radius 1 is 1.21 bits per heavy atom. The summed E-state index contributed by atoms with van der Waals surface area (Å²) in [6.45, 7) is 7.06. The third kappa shape index (κ3) is 5.89. The normalized spacial score (nSPS) is 16.4. The van der Waals surface area contributed by atoms with E-state index in [4.69, 9.17) is 0 Å². The predicted molar refractivity (Wildman–Crippen MR) is 114 cm³/mol. The van der Waals surface area contributed by atoms with Crippen LogP contribution in [0.3, 0.4) is 0 Å². The number of rotatable bonds is 6. The van der Waals surface area contributed by atoms with E-state index < -0.39 is 23.2 Å². The van der Waals surface area contributed by atoms with Crippen LogP contribution < -0.4 is 10.6 Å². The molecule has 1 fully saturated rings. The maximum Gasteiger partial charge on any atom is 0.323 e. The van der Waals surface area contributed by atoms with Crippen LogP contribution in [0.25, 0.3) is 0 Å². The molecule has 0 bridgehead atoms. The van der Waals surface area contributed by atoms with E-state index >= 15 is 0 Å². The van der Waals surface area contributed by atoms with Crippen LogP contribution in [0.1, 0.15) is 18.2 Å². The first kappa shape index (κ1) is 21.5. The van der Waals surface area contributed by atoms with E-state index in [1.54, 1.807) is 30.5 Å². The zero-order chi connectivity index (χ0) is 20.8. The number of benzene rings is 1. The van der Waals surface area contributed by atoms with Crippen molar-refractivity contribution in [3.05, 3.63) is 53.6 Å². The average molecular weight is 420 g/mol. The third-order valence-corrected chi connectivity index (χ3v) is 6.19. The number of aromatic nitrogens is 1. The van der Waals surface area contributed by atoms with Crippen molar-refractivity contribution in [2.75, 3.05) is 42.6 Å². The number of aryl methyl sites for hydroxylation is 1. The van der Waals surface area contributed by atoms with E-state index in [0.717, 1.165) is 18.8 Å². The fourth-order valence-corrected chi connectivity index (χ4v) is 4.08. The van der Waals surface area contributed by atoms with Crippen LogP contribution in [0.2, 0.25) is 0 Å². The van der Waals surface area contributed by atoms with E-state index in [2.05, 4.69) is 20.5 Å². The summed E-state index contributed by atoms with van der Waals surface area (Å²) in [4.78, 5) is 18.4. The molecule has 1 saturated heterocycles. The molecular formula is C20H26FN5O2S. The van der Waals surface area contributed by atoms with Crippen LogP contribution in [-0.4, -0.2) is 56.7 Å². The SMILES string of the molecule is CC[S+]([O-])N1CCN(Cc2cccc(NC(=O)Nc3ccc(C)nc3)c2F)CC1. The number of pyridine rings is 1. The molecule has 7 nitrogen and oxygen atoms in total. The Bertz CT molecular complexity index is 828. The highest BCUT2D eigenvalue weighted by atomic mass is 32.2. The lowest BCUT2D eigenvalue weighted by atomic mass is 10.1. The molecule has 2 aromatic rings. The van der Waals surface area contributed by atoms with Crippen LogP contribution >= 0.6 is 0 Å². The Balaban J connectivity index is 1.58. The average Bonchev–Trinajstić information content (AvgIpc) is 2.72. The van der Waals surface area contributed by atoms with Gasteiger partial charge in [0.1, 0.15) is 5.75 Å². The Hall–Kier alpha value is -2.20. The summed E-state index contributed by atoms with van der Waals surface area (Å²) in [6, 6.07) is 7.98. The second kappa shape index (κ2) is 10.0. The highest BCUT2D eigenvalue weighted by Gasteiger charge is 2.25. The number of anilines is 2. The molecule has 1 atom stereocenters. The van der Waals surface area contributed by atoms with Gasteiger partial charge in [0, 0.05) is 42.3 Å². The van der Waals surface area contributed by atoms with Crippen molar-refractivity contribution in [3.63, 3.8) is 0 Å². The van der Waals surface area contributed by atoms with Crippen LogP contribution in [0.15, 0.2) is 36.5 Å². The minimum absolute atomic E-state index is 0.130. The summed E-state index contributed by atoms with van der Waals surface area (Å²) in [6.07, 6.45) is 1.55. The molecule has 9 heteroatoms. The first-order chi connectivity index (χ1) is 14.0. The fraction of sp³-hybridized carbons (Fsp3) is 0.400. The van der Waals surface area contributed by atoms with Crippen LogP contribution in [0.5, 0.6) is 0 Å². The number of halogens is 1. The largest absolute Gasteiger partial charge is 0.598 e. The molecular weight excluding hydrogens is 393 g/mol. The van der Waals surface area contributed by atoms with E-state index in [1.165, 1.54) is 6.07 Å². The summed E-state index contributed by atoms with van der Waals surface area (Å²) in [5, 5.41) is 5.20. The summed E-state index contributed by atoms with van der Waals surface area (Å²) in [5.74, 6) is 0.174. The van der Waals surface area contributed by atoms with Crippen molar-refractivity contribution in [3.8, 4) is 0 Å². The van der Waals surface area contributed by atoms with Crippen LogP contribution in [0.4, 0.5) is 20.6 Å². The lowest BCUT2D eigenvalue weighted by molar-refractivity contribution is 0.180. The number of carbonyl (C=O) groups is 1. The van der Waals surface area contributed by atoms with Crippen molar-refractivity contribution in [2.45, 2.75) is 20.4 Å². The summed E-state index contributed by atoms with van der Waals surface area (Å²) in [5.41, 5.74) is 2.03. The zero-order valence-electron chi connectivity index (χ0n) is 16.7. The molecule has 1 aromatic heterocycles. The molecule has 1 aromatic carbocycles. The first-order valence-corrected chi connectivity index (χ1v) is 10.9. The number of amides is 2. The topological polar surface area (TPSA) is 83.6 Å². The lowest BCUT2D eigenvalue weighted by Gasteiger charge is -2.34. The highest BCUT2D eigenvalue weighted by Crippen LogP contribution is 2.21. The molecule has 2 heterocycles. The van der Waals surface area contributed by atoms with Gasteiger partial charge in [0.05, 0.1) is 30.7 Å². The molecule has 156 valence electrons. The molecule has 0 radical (unpaired) electrons. The number of nitrogens with zero attached hydrogens (tertiary/aromatic N) is 3. The van der Waals surface area contributed by atoms with Crippen molar-refractivity contribution < 1.29 is 13.7 Å². The molecule has 1 aliphatic heterocycles. The molecule has 2 amide bonds. The maximum absolute atomic E-state index is 14.9. The molecule has 0 saturated carbocycles. The standard InChI is InChI=1S/C20H26FN5O2S/c1-3-29(28)26-11-9-25(10-12-26)14-16-5-4-6-18(19(16)21)24-20(27)23-17-8-7-15(2)22-13-17/h4-8,13H,3,9-12,14H2,1-2H3,(H2,23,24,27). The van der Waals surface area contributed by atoms with Crippen molar-refractivity contribution >= 4 is 28.8 Å². The van der Waals surface area contributed by atoms with Crippen LogP contribution in [0, 0.1) is 12.7 Å². The minimum atomic E-state index is -0.934. The van der Waals surface area contributed by atoms with Gasteiger partial charge in [-0.15, -0.1) is 4.31 Å². The number of hydrogen-bond donors (Lipinski definition) is 2.